The zero-order chi connectivity index (χ0) is 17.3. The second-order valence-corrected chi connectivity index (χ2v) is 8.27. The van der Waals surface area contributed by atoms with Gasteiger partial charge in [0.05, 0.1) is 11.3 Å². The first-order valence-corrected chi connectivity index (χ1v) is 9.89. The monoisotopic (exact) mass is 349 g/mol. The third-order valence-corrected chi connectivity index (χ3v) is 6.56. The lowest BCUT2D eigenvalue weighted by Crippen LogP contribution is -2.51. The number of nitrogens with one attached hydrogen (secondary N) is 1. The summed E-state index contributed by atoms with van der Waals surface area (Å²) in [4.78, 5) is 17.9. The second-order valence-electron chi connectivity index (χ2n) is 6.18. The smallest absolute Gasteiger partial charge is 0.256 e. The van der Waals surface area contributed by atoms with Crippen LogP contribution in [0.1, 0.15) is 29.4 Å². The third-order valence-electron chi connectivity index (χ3n) is 4.49. The van der Waals surface area contributed by atoms with Crippen LogP contribution in [-0.4, -0.2) is 60.4 Å². The number of fused-ring (bicyclic) bond motifs is 1. The van der Waals surface area contributed by atoms with Crippen LogP contribution < -0.4 is 0 Å². The van der Waals surface area contributed by atoms with Gasteiger partial charge < -0.3 is 9.88 Å². The lowest BCUT2D eigenvalue weighted by atomic mass is 10.1. The zero-order valence-electron chi connectivity index (χ0n) is 14.1. The Kier molecular flexibility index (Phi) is 4.64. The van der Waals surface area contributed by atoms with Crippen LogP contribution in [0.3, 0.4) is 0 Å². The molecule has 0 saturated carbocycles. The number of para-hydroxylation sites is 1. The molecule has 0 aliphatic carbocycles. The fraction of sp³-hybridized carbons (Fsp3) is 0.471. The maximum atomic E-state index is 12.9. The van der Waals surface area contributed by atoms with Crippen molar-refractivity contribution in [1.29, 1.82) is 0 Å². The van der Waals surface area contributed by atoms with Crippen LogP contribution in [0.2, 0.25) is 0 Å². The van der Waals surface area contributed by atoms with Gasteiger partial charge in [0.15, 0.2) is 0 Å². The van der Waals surface area contributed by atoms with Crippen LogP contribution in [0.4, 0.5) is 0 Å². The van der Waals surface area contributed by atoms with Crippen LogP contribution in [-0.2, 0) is 10.0 Å². The fourth-order valence-corrected chi connectivity index (χ4v) is 4.76. The predicted molar refractivity (Wildman–Crippen MR) is 94.6 cm³/mol. The molecule has 130 valence electrons. The van der Waals surface area contributed by atoms with Crippen molar-refractivity contribution >= 4 is 26.8 Å². The maximum absolute atomic E-state index is 12.9. The molecule has 3 rings (SSSR count). The number of aromatic nitrogens is 1. The fourth-order valence-electron chi connectivity index (χ4n) is 3.27. The average Bonchev–Trinajstić information content (AvgIpc) is 2.90. The van der Waals surface area contributed by atoms with Gasteiger partial charge in [0.1, 0.15) is 0 Å². The number of aryl methyl sites for hydroxylation is 1. The quantitative estimate of drug-likeness (QED) is 0.917. The molecule has 1 aliphatic heterocycles. The summed E-state index contributed by atoms with van der Waals surface area (Å²) in [6, 6.07) is 7.74. The molecule has 24 heavy (non-hydrogen) atoms. The van der Waals surface area contributed by atoms with Crippen molar-refractivity contribution in [2.45, 2.75) is 20.3 Å². The minimum Gasteiger partial charge on any atom is -0.358 e. The molecule has 0 bridgehead atoms. The first-order valence-electron chi connectivity index (χ1n) is 8.28. The summed E-state index contributed by atoms with van der Waals surface area (Å²) in [5.41, 5.74) is 2.49. The summed E-state index contributed by atoms with van der Waals surface area (Å²) in [6.45, 7) is 5.36. The Morgan fingerprint density at radius 3 is 2.50 bits per heavy atom. The number of nitrogens with zero attached hydrogens (tertiary/aromatic N) is 2. The van der Waals surface area contributed by atoms with E-state index in [1.807, 2.05) is 38.1 Å². The highest BCUT2D eigenvalue weighted by molar-refractivity contribution is 7.89. The Balaban J connectivity index is 1.77. The Morgan fingerprint density at radius 2 is 1.83 bits per heavy atom. The standard InChI is InChI=1S/C17H23N3O3S/c1-3-12-24(22,23)20-10-8-19(9-11-20)17(21)16-13(2)18-15-7-5-4-6-14(15)16/h4-7,18H,3,8-12H2,1-2H3. The summed E-state index contributed by atoms with van der Waals surface area (Å²) in [5, 5.41) is 0.918. The van der Waals surface area contributed by atoms with E-state index in [2.05, 4.69) is 4.98 Å². The predicted octanol–water partition coefficient (Wildman–Crippen LogP) is 1.97. The van der Waals surface area contributed by atoms with Crippen molar-refractivity contribution in [3.05, 3.63) is 35.5 Å². The minimum atomic E-state index is -3.19. The molecule has 1 amide bonds. The van der Waals surface area contributed by atoms with Gasteiger partial charge in [-0.15, -0.1) is 0 Å². The maximum Gasteiger partial charge on any atom is 0.256 e. The highest BCUT2D eigenvalue weighted by atomic mass is 32.2. The van der Waals surface area contributed by atoms with Crippen molar-refractivity contribution < 1.29 is 13.2 Å². The normalized spacial score (nSPS) is 16.7. The molecule has 0 atom stereocenters. The van der Waals surface area contributed by atoms with Crippen LogP contribution in [0.15, 0.2) is 24.3 Å². The first kappa shape index (κ1) is 17.0. The summed E-state index contributed by atoms with van der Waals surface area (Å²) < 4.78 is 25.8. The number of sulfonamides is 1. The molecule has 7 heteroatoms. The lowest BCUT2D eigenvalue weighted by molar-refractivity contribution is 0.0699. The molecular weight excluding hydrogens is 326 g/mol. The van der Waals surface area contributed by atoms with Crippen LogP contribution in [0.5, 0.6) is 0 Å². The topological polar surface area (TPSA) is 73.5 Å². The zero-order valence-corrected chi connectivity index (χ0v) is 14.9. The molecule has 1 aromatic heterocycles. The van der Waals surface area contributed by atoms with E-state index in [0.717, 1.165) is 16.6 Å². The van der Waals surface area contributed by atoms with Gasteiger partial charge in [-0.1, -0.05) is 25.1 Å². The average molecular weight is 349 g/mol. The molecule has 1 saturated heterocycles. The number of benzene rings is 1. The number of hydrogen-bond donors (Lipinski definition) is 1. The number of carbonyl (C=O) groups is 1. The van der Waals surface area contributed by atoms with Crippen LogP contribution in [0, 0.1) is 6.92 Å². The van der Waals surface area contributed by atoms with Gasteiger partial charge in [-0.2, -0.15) is 4.31 Å². The summed E-state index contributed by atoms with van der Waals surface area (Å²) in [6.07, 6.45) is 0.607. The summed E-state index contributed by atoms with van der Waals surface area (Å²) in [5.74, 6) is 0.139. The lowest BCUT2D eigenvalue weighted by Gasteiger charge is -2.34. The van der Waals surface area contributed by atoms with Crippen LogP contribution in [0.25, 0.3) is 10.9 Å². The van der Waals surface area contributed by atoms with E-state index < -0.39 is 10.0 Å². The van der Waals surface area contributed by atoms with Gasteiger partial charge in [-0.25, -0.2) is 8.42 Å². The Hall–Kier alpha value is -1.86. The van der Waals surface area contributed by atoms with Crippen molar-refractivity contribution in [3.8, 4) is 0 Å². The van der Waals surface area contributed by atoms with Gasteiger partial charge in [0.2, 0.25) is 10.0 Å². The molecule has 1 aromatic carbocycles. The molecule has 1 fully saturated rings. The number of piperazine rings is 1. The first-order chi connectivity index (χ1) is 11.4. The molecule has 1 aliphatic rings. The Labute approximate surface area is 142 Å². The van der Waals surface area contributed by atoms with Crippen molar-refractivity contribution in [2.75, 3.05) is 31.9 Å². The number of aromatic amines is 1. The van der Waals surface area contributed by atoms with E-state index in [4.69, 9.17) is 0 Å². The molecule has 2 heterocycles. The molecule has 2 aromatic rings. The highest BCUT2D eigenvalue weighted by Crippen LogP contribution is 2.24. The number of hydrogen-bond acceptors (Lipinski definition) is 3. The Bertz CT molecular complexity index is 849. The van der Waals surface area contributed by atoms with E-state index in [0.29, 0.717) is 38.2 Å². The highest BCUT2D eigenvalue weighted by Gasteiger charge is 2.30. The van der Waals surface area contributed by atoms with Gasteiger partial charge >= 0.3 is 0 Å². The molecule has 0 radical (unpaired) electrons. The molecule has 0 unspecified atom stereocenters. The van der Waals surface area contributed by atoms with Crippen molar-refractivity contribution in [3.63, 3.8) is 0 Å². The van der Waals surface area contributed by atoms with Gasteiger partial charge in [0.25, 0.3) is 5.91 Å². The number of amides is 1. The second kappa shape index (κ2) is 6.57. The third kappa shape index (κ3) is 3.06. The van der Waals surface area contributed by atoms with Gasteiger partial charge in [-0.05, 0) is 19.4 Å². The van der Waals surface area contributed by atoms with E-state index in [9.17, 15) is 13.2 Å². The number of carbonyl (C=O) groups excluding carboxylic acids is 1. The molecule has 0 spiro atoms. The minimum absolute atomic E-state index is 0.0301. The van der Waals surface area contributed by atoms with Crippen LogP contribution >= 0.6 is 0 Å². The summed E-state index contributed by atoms with van der Waals surface area (Å²) in [7, 11) is -3.19. The van der Waals surface area contributed by atoms with Gasteiger partial charge in [-0.3, -0.25) is 4.79 Å². The SMILES string of the molecule is CCCS(=O)(=O)N1CCN(C(=O)c2c(C)[nH]c3ccccc23)CC1. The Morgan fingerprint density at radius 1 is 1.17 bits per heavy atom. The van der Waals surface area contributed by atoms with Crippen molar-refractivity contribution in [1.82, 2.24) is 14.2 Å². The number of H-pyrrole nitrogens is 1. The molecular formula is C17H23N3O3S. The molecule has 6 nitrogen and oxygen atoms in total. The van der Waals surface area contributed by atoms with E-state index in [1.165, 1.54) is 4.31 Å². The summed E-state index contributed by atoms with van der Waals surface area (Å²) >= 11 is 0. The molecule has 1 N–H and O–H groups in total. The number of rotatable bonds is 4. The van der Waals surface area contributed by atoms with E-state index in [1.54, 1.807) is 4.90 Å². The van der Waals surface area contributed by atoms with E-state index >= 15 is 0 Å². The van der Waals surface area contributed by atoms with Gasteiger partial charge in [0, 0.05) is 42.8 Å². The van der Waals surface area contributed by atoms with E-state index in [-0.39, 0.29) is 11.7 Å². The largest absolute Gasteiger partial charge is 0.358 e. The van der Waals surface area contributed by atoms with Crippen molar-refractivity contribution in [2.24, 2.45) is 0 Å².